The number of hydrogen-bond acceptors (Lipinski definition) is 3. The minimum absolute atomic E-state index is 0.0955. The average Bonchev–Trinajstić information content (AvgIpc) is 2.26. The van der Waals surface area contributed by atoms with Crippen LogP contribution in [0.25, 0.3) is 0 Å². The molecule has 0 radical (unpaired) electrons. The van der Waals surface area contributed by atoms with Gasteiger partial charge in [-0.25, -0.2) is 13.1 Å². The van der Waals surface area contributed by atoms with Gasteiger partial charge in [0.2, 0.25) is 10.0 Å². The Hall–Kier alpha value is -1.11. The first-order valence-electron chi connectivity index (χ1n) is 5.55. The average molecular weight is 306 g/mol. The Kier molecular flexibility index (Phi) is 4.60. The Balaban J connectivity index is 2.97. The fourth-order valence-corrected chi connectivity index (χ4v) is 3.01. The van der Waals surface area contributed by atoms with Crippen LogP contribution in [-0.2, 0) is 14.8 Å². The third kappa shape index (κ3) is 3.92. The molecule has 7 heteroatoms. The van der Waals surface area contributed by atoms with Crippen molar-refractivity contribution in [2.75, 3.05) is 6.54 Å². The molecule has 0 heterocycles. The molecule has 19 heavy (non-hydrogen) atoms. The van der Waals surface area contributed by atoms with Crippen molar-refractivity contribution in [3.05, 3.63) is 28.8 Å². The summed E-state index contributed by atoms with van der Waals surface area (Å²) in [6, 6.07) is 4.41. The predicted octanol–water partition coefficient (Wildman–Crippen LogP) is 2.04. The van der Waals surface area contributed by atoms with Gasteiger partial charge in [-0.2, -0.15) is 0 Å². The van der Waals surface area contributed by atoms with Gasteiger partial charge in [0.1, 0.15) is 0 Å². The topological polar surface area (TPSA) is 83.5 Å². The number of aliphatic carboxylic acids is 1. The largest absolute Gasteiger partial charge is 0.481 e. The molecule has 0 spiro atoms. The third-order valence-electron chi connectivity index (χ3n) is 2.71. The first-order valence-corrected chi connectivity index (χ1v) is 7.41. The maximum Gasteiger partial charge on any atom is 0.310 e. The van der Waals surface area contributed by atoms with Crippen molar-refractivity contribution < 1.29 is 18.3 Å². The fourth-order valence-electron chi connectivity index (χ4n) is 1.34. The van der Waals surface area contributed by atoms with E-state index in [-0.39, 0.29) is 11.4 Å². The normalized spacial score (nSPS) is 12.4. The first kappa shape index (κ1) is 15.9. The van der Waals surface area contributed by atoms with Gasteiger partial charge in [-0.15, -0.1) is 0 Å². The van der Waals surface area contributed by atoms with E-state index in [0.717, 1.165) is 0 Å². The second-order valence-corrected chi connectivity index (χ2v) is 7.10. The van der Waals surface area contributed by atoms with Gasteiger partial charge in [0.05, 0.1) is 10.3 Å². The number of hydrogen-bond donors (Lipinski definition) is 2. The van der Waals surface area contributed by atoms with E-state index in [2.05, 4.69) is 4.72 Å². The van der Waals surface area contributed by atoms with Crippen LogP contribution in [0.4, 0.5) is 0 Å². The molecule has 1 aromatic rings. The van der Waals surface area contributed by atoms with Gasteiger partial charge in [0, 0.05) is 11.6 Å². The number of carboxylic acids is 1. The Morgan fingerprint density at radius 2 is 2.00 bits per heavy atom. The van der Waals surface area contributed by atoms with E-state index in [1.807, 2.05) is 0 Å². The van der Waals surface area contributed by atoms with Crippen LogP contribution in [-0.4, -0.2) is 26.0 Å². The number of aryl methyl sites for hydroxylation is 1. The lowest BCUT2D eigenvalue weighted by atomic mass is 9.95. The van der Waals surface area contributed by atoms with Gasteiger partial charge in [-0.1, -0.05) is 11.6 Å². The number of rotatable bonds is 5. The Morgan fingerprint density at radius 3 is 2.47 bits per heavy atom. The zero-order valence-corrected chi connectivity index (χ0v) is 12.5. The van der Waals surface area contributed by atoms with Crippen LogP contribution in [0.3, 0.4) is 0 Å². The Labute approximate surface area is 117 Å². The van der Waals surface area contributed by atoms with Crippen molar-refractivity contribution >= 4 is 27.6 Å². The van der Waals surface area contributed by atoms with Gasteiger partial charge >= 0.3 is 5.97 Å². The van der Waals surface area contributed by atoms with Gasteiger partial charge < -0.3 is 5.11 Å². The van der Waals surface area contributed by atoms with E-state index in [0.29, 0.717) is 10.6 Å². The smallest absolute Gasteiger partial charge is 0.310 e. The quantitative estimate of drug-likeness (QED) is 0.872. The summed E-state index contributed by atoms with van der Waals surface area (Å²) >= 11 is 5.77. The molecule has 0 aliphatic rings. The zero-order valence-electron chi connectivity index (χ0n) is 10.9. The summed E-state index contributed by atoms with van der Waals surface area (Å²) in [6.45, 7) is 4.34. The molecule has 106 valence electrons. The highest BCUT2D eigenvalue weighted by Gasteiger charge is 2.29. The summed E-state index contributed by atoms with van der Waals surface area (Å²) in [7, 11) is -3.75. The second-order valence-electron chi connectivity index (χ2n) is 4.92. The summed E-state index contributed by atoms with van der Waals surface area (Å²) in [5.41, 5.74) is -0.666. The molecular formula is C12H16ClNO4S. The number of carbonyl (C=O) groups is 1. The molecule has 0 atom stereocenters. The van der Waals surface area contributed by atoms with Crippen molar-refractivity contribution in [1.82, 2.24) is 4.72 Å². The van der Waals surface area contributed by atoms with Crippen LogP contribution in [0.5, 0.6) is 0 Å². The number of halogens is 1. The monoisotopic (exact) mass is 305 g/mol. The minimum Gasteiger partial charge on any atom is -0.481 e. The maximum atomic E-state index is 12.1. The van der Waals surface area contributed by atoms with Crippen molar-refractivity contribution in [1.29, 1.82) is 0 Å². The molecular weight excluding hydrogens is 290 g/mol. The van der Waals surface area contributed by atoms with Crippen molar-refractivity contribution in [2.24, 2.45) is 5.41 Å². The highest BCUT2D eigenvalue weighted by molar-refractivity contribution is 7.89. The SMILES string of the molecule is Cc1cc(Cl)ccc1S(=O)(=O)NCC(C)(C)C(=O)O. The van der Waals surface area contributed by atoms with Gasteiger partial charge in [0.25, 0.3) is 0 Å². The molecule has 5 nitrogen and oxygen atoms in total. The lowest BCUT2D eigenvalue weighted by molar-refractivity contribution is -0.146. The second kappa shape index (κ2) is 5.48. The number of carboxylic acid groups (broad SMARTS) is 1. The molecule has 0 aliphatic carbocycles. The number of benzene rings is 1. The molecule has 0 aliphatic heterocycles. The molecule has 2 N–H and O–H groups in total. The third-order valence-corrected chi connectivity index (χ3v) is 4.51. The van der Waals surface area contributed by atoms with Gasteiger partial charge in [-0.05, 0) is 44.5 Å². The number of sulfonamides is 1. The molecule has 0 amide bonds. The highest BCUT2D eigenvalue weighted by atomic mass is 35.5. The summed E-state index contributed by atoms with van der Waals surface area (Å²) in [6.07, 6.45) is 0. The minimum atomic E-state index is -3.75. The molecule has 0 saturated heterocycles. The van der Waals surface area contributed by atoms with E-state index >= 15 is 0 Å². The maximum absolute atomic E-state index is 12.1. The highest BCUT2D eigenvalue weighted by Crippen LogP contribution is 2.21. The molecule has 0 fully saturated rings. The zero-order chi connectivity index (χ0) is 14.8. The summed E-state index contributed by atoms with van der Waals surface area (Å²) in [5.74, 6) is -1.07. The van der Waals surface area contributed by atoms with Crippen LogP contribution in [0.15, 0.2) is 23.1 Å². The van der Waals surface area contributed by atoms with Crippen molar-refractivity contribution in [3.8, 4) is 0 Å². The standard InChI is InChI=1S/C12H16ClNO4S/c1-8-6-9(13)4-5-10(8)19(17,18)14-7-12(2,3)11(15)16/h4-6,14H,7H2,1-3H3,(H,15,16). The Morgan fingerprint density at radius 1 is 1.42 bits per heavy atom. The van der Waals surface area contributed by atoms with Crippen LogP contribution in [0, 0.1) is 12.3 Å². The molecule has 0 aromatic heterocycles. The van der Waals surface area contributed by atoms with Gasteiger partial charge in [-0.3, -0.25) is 4.79 Å². The van der Waals surface area contributed by atoms with Crippen LogP contribution >= 0.6 is 11.6 Å². The van der Waals surface area contributed by atoms with E-state index in [9.17, 15) is 13.2 Å². The van der Waals surface area contributed by atoms with E-state index < -0.39 is 21.4 Å². The number of nitrogens with one attached hydrogen (secondary N) is 1. The van der Waals surface area contributed by atoms with E-state index in [1.54, 1.807) is 13.0 Å². The molecule has 0 bridgehead atoms. The first-order chi connectivity index (χ1) is 8.56. The summed E-state index contributed by atoms with van der Waals surface area (Å²) in [4.78, 5) is 11.0. The summed E-state index contributed by atoms with van der Waals surface area (Å²) in [5, 5.41) is 9.39. The lowest BCUT2D eigenvalue weighted by Crippen LogP contribution is -2.39. The fraction of sp³-hybridized carbons (Fsp3) is 0.417. The summed E-state index contributed by atoms with van der Waals surface area (Å²) < 4.78 is 26.5. The van der Waals surface area contributed by atoms with E-state index in [4.69, 9.17) is 16.7 Å². The Bertz CT molecular complexity index is 596. The lowest BCUT2D eigenvalue weighted by Gasteiger charge is -2.19. The molecule has 0 unspecified atom stereocenters. The van der Waals surface area contributed by atoms with Crippen LogP contribution in [0.2, 0.25) is 5.02 Å². The predicted molar refractivity (Wildman–Crippen MR) is 72.8 cm³/mol. The van der Waals surface area contributed by atoms with Crippen LogP contribution in [0.1, 0.15) is 19.4 Å². The van der Waals surface area contributed by atoms with Crippen LogP contribution < -0.4 is 4.72 Å². The van der Waals surface area contributed by atoms with E-state index in [1.165, 1.54) is 26.0 Å². The van der Waals surface area contributed by atoms with Crippen molar-refractivity contribution in [2.45, 2.75) is 25.7 Å². The molecule has 1 aromatic carbocycles. The van der Waals surface area contributed by atoms with Gasteiger partial charge in [0.15, 0.2) is 0 Å². The van der Waals surface area contributed by atoms with Crippen molar-refractivity contribution in [3.63, 3.8) is 0 Å². The molecule has 0 saturated carbocycles. The molecule has 1 rings (SSSR count).